The van der Waals surface area contributed by atoms with Gasteiger partial charge in [0.25, 0.3) is 0 Å². The molecule has 0 spiro atoms. The fourth-order valence-corrected chi connectivity index (χ4v) is 3.66. The summed E-state index contributed by atoms with van der Waals surface area (Å²) in [6.45, 7) is 1.04. The first kappa shape index (κ1) is 22.1. The Morgan fingerprint density at radius 1 is 1.11 bits per heavy atom. The minimum atomic E-state index is -0.00613. The number of halogens is 2. The Morgan fingerprint density at radius 2 is 1.93 bits per heavy atom. The summed E-state index contributed by atoms with van der Waals surface area (Å²) >= 11 is 0. The molecule has 2 heterocycles. The van der Waals surface area contributed by atoms with E-state index in [1.165, 1.54) is 25.1 Å². The fraction of sp³-hybridized carbons (Fsp3) is 0.333. The third kappa shape index (κ3) is 4.78. The second-order valence-electron chi connectivity index (χ2n) is 6.94. The number of hydrogen-bond donors (Lipinski definition) is 2. The van der Waals surface area contributed by atoms with Gasteiger partial charge in [0.05, 0.1) is 11.0 Å². The standard InChI is InChI=1S/C21H24N4O.2ClH/c22-17-7-4-3-6-15(17)9-12-21(26)23-16-10-11-19-18(14-16)24-20-8-2-1-5-13-25(19)20;;/h3-4,6-7,10-11,14H,1-2,5,8-9,12-13,22H2,(H,23,26);2*1H. The van der Waals surface area contributed by atoms with Crippen LogP contribution >= 0.6 is 24.8 Å². The maximum Gasteiger partial charge on any atom is 0.224 e. The zero-order valence-corrected chi connectivity index (χ0v) is 17.3. The van der Waals surface area contributed by atoms with Gasteiger partial charge >= 0.3 is 0 Å². The molecule has 0 aliphatic carbocycles. The Bertz CT molecular complexity index is 955. The van der Waals surface area contributed by atoms with E-state index in [1.54, 1.807) is 0 Å². The van der Waals surface area contributed by atoms with Crippen molar-refractivity contribution < 1.29 is 4.79 Å². The fourth-order valence-electron chi connectivity index (χ4n) is 3.66. The number of benzene rings is 2. The van der Waals surface area contributed by atoms with Crippen LogP contribution in [0.4, 0.5) is 11.4 Å². The van der Waals surface area contributed by atoms with Crippen molar-refractivity contribution in [3.05, 3.63) is 53.9 Å². The molecule has 1 amide bonds. The predicted octanol–water partition coefficient (Wildman–Crippen LogP) is 4.76. The van der Waals surface area contributed by atoms with Crippen LogP contribution in [0.25, 0.3) is 11.0 Å². The lowest BCUT2D eigenvalue weighted by molar-refractivity contribution is -0.116. The lowest BCUT2D eigenvalue weighted by atomic mass is 10.1. The van der Waals surface area contributed by atoms with Crippen molar-refractivity contribution in [2.45, 2.75) is 45.1 Å². The van der Waals surface area contributed by atoms with Crippen molar-refractivity contribution in [2.75, 3.05) is 11.1 Å². The van der Waals surface area contributed by atoms with E-state index in [0.717, 1.165) is 40.9 Å². The molecule has 1 aliphatic rings. The van der Waals surface area contributed by atoms with Crippen LogP contribution in [0.5, 0.6) is 0 Å². The minimum absolute atomic E-state index is 0. The van der Waals surface area contributed by atoms with Gasteiger partial charge < -0.3 is 15.6 Å². The summed E-state index contributed by atoms with van der Waals surface area (Å²) < 4.78 is 2.33. The number of nitrogen functional groups attached to an aromatic ring is 1. The van der Waals surface area contributed by atoms with Crippen LogP contribution in [0.3, 0.4) is 0 Å². The summed E-state index contributed by atoms with van der Waals surface area (Å²) in [6.07, 6.45) is 5.76. The van der Waals surface area contributed by atoms with Gasteiger partial charge in [-0.25, -0.2) is 4.98 Å². The molecule has 1 aliphatic heterocycles. The maximum atomic E-state index is 12.3. The molecule has 150 valence electrons. The average Bonchev–Trinajstić information content (AvgIpc) is 2.81. The number of nitrogens with two attached hydrogens (primary N) is 1. The molecule has 0 unspecified atom stereocenters. The molecule has 3 N–H and O–H groups in total. The molecule has 28 heavy (non-hydrogen) atoms. The van der Waals surface area contributed by atoms with Crippen LogP contribution in [0, 0.1) is 0 Å². The van der Waals surface area contributed by atoms with Crippen LogP contribution in [0.1, 0.15) is 37.1 Å². The predicted molar refractivity (Wildman–Crippen MR) is 120 cm³/mol. The van der Waals surface area contributed by atoms with Crippen LogP contribution < -0.4 is 11.1 Å². The van der Waals surface area contributed by atoms with Gasteiger partial charge in [0.2, 0.25) is 5.91 Å². The van der Waals surface area contributed by atoms with Crippen molar-refractivity contribution in [1.82, 2.24) is 9.55 Å². The third-order valence-electron chi connectivity index (χ3n) is 5.07. The Labute approximate surface area is 177 Å². The summed E-state index contributed by atoms with van der Waals surface area (Å²) in [7, 11) is 0. The van der Waals surface area contributed by atoms with Crippen molar-refractivity contribution in [1.29, 1.82) is 0 Å². The number of hydrogen-bond acceptors (Lipinski definition) is 3. The molecule has 0 radical (unpaired) electrons. The van der Waals surface area contributed by atoms with E-state index in [0.29, 0.717) is 12.8 Å². The van der Waals surface area contributed by atoms with Gasteiger partial charge in [-0.1, -0.05) is 24.6 Å². The van der Waals surface area contributed by atoms with E-state index in [1.807, 2.05) is 36.4 Å². The number of aryl methyl sites for hydroxylation is 3. The number of nitrogens with zero attached hydrogens (tertiary/aromatic N) is 2. The number of fused-ring (bicyclic) bond motifs is 3. The zero-order chi connectivity index (χ0) is 17.9. The minimum Gasteiger partial charge on any atom is -0.399 e. The van der Waals surface area contributed by atoms with Crippen LogP contribution in [0.2, 0.25) is 0 Å². The Morgan fingerprint density at radius 3 is 2.75 bits per heavy atom. The number of rotatable bonds is 4. The molecule has 1 aromatic heterocycles. The van der Waals surface area contributed by atoms with Gasteiger partial charge in [-0.3, -0.25) is 4.79 Å². The van der Waals surface area contributed by atoms with Gasteiger partial charge in [-0.15, -0.1) is 24.8 Å². The molecule has 0 fully saturated rings. The highest BCUT2D eigenvalue weighted by atomic mass is 35.5. The highest BCUT2D eigenvalue weighted by Gasteiger charge is 2.14. The number of nitrogens with one attached hydrogen (secondary N) is 1. The molecule has 0 saturated heterocycles. The molecule has 5 nitrogen and oxygen atoms in total. The highest BCUT2D eigenvalue weighted by Crippen LogP contribution is 2.24. The number of imidazole rings is 1. The third-order valence-corrected chi connectivity index (χ3v) is 5.07. The van der Waals surface area contributed by atoms with E-state index in [9.17, 15) is 4.79 Å². The quantitative estimate of drug-likeness (QED) is 0.597. The first-order valence-electron chi connectivity index (χ1n) is 9.33. The summed E-state index contributed by atoms with van der Waals surface area (Å²) in [4.78, 5) is 17.1. The average molecular weight is 421 g/mol. The topological polar surface area (TPSA) is 72.9 Å². The largest absolute Gasteiger partial charge is 0.399 e. The number of anilines is 2. The number of aromatic nitrogens is 2. The monoisotopic (exact) mass is 420 g/mol. The zero-order valence-electron chi connectivity index (χ0n) is 15.7. The van der Waals surface area contributed by atoms with Crippen molar-refractivity contribution in [3.63, 3.8) is 0 Å². The smallest absolute Gasteiger partial charge is 0.224 e. The lowest BCUT2D eigenvalue weighted by Gasteiger charge is -2.08. The van der Waals surface area contributed by atoms with Gasteiger partial charge in [0.15, 0.2) is 0 Å². The van der Waals surface area contributed by atoms with Crippen LogP contribution in [-0.4, -0.2) is 15.5 Å². The van der Waals surface area contributed by atoms with E-state index in [4.69, 9.17) is 10.7 Å². The Kier molecular flexibility index (Phi) is 7.72. The summed E-state index contributed by atoms with van der Waals surface area (Å²) in [5.74, 6) is 1.16. The normalized spacial score (nSPS) is 13.0. The molecular formula is C21H26Cl2N4O. The molecule has 2 aromatic carbocycles. The molecule has 0 saturated carbocycles. The van der Waals surface area contributed by atoms with E-state index < -0.39 is 0 Å². The summed E-state index contributed by atoms with van der Waals surface area (Å²) in [5.41, 5.74) is 10.6. The number of amides is 1. The van der Waals surface area contributed by atoms with Gasteiger partial charge in [-0.05, 0) is 49.1 Å². The SMILES string of the molecule is Cl.Cl.Nc1ccccc1CCC(=O)Nc1ccc2c(c1)nc1n2CCCCC1. The van der Waals surface area contributed by atoms with Crippen molar-refractivity contribution in [3.8, 4) is 0 Å². The lowest BCUT2D eigenvalue weighted by Crippen LogP contribution is -2.12. The molecule has 0 atom stereocenters. The second kappa shape index (κ2) is 9.80. The number of para-hydroxylation sites is 1. The molecular weight excluding hydrogens is 395 g/mol. The second-order valence-corrected chi connectivity index (χ2v) is 6.94. The van der Waals surface area contributed by atoms with Gasteiger partial charge in [0.1, 0.15) is 5.82 Å². The molecule has 3 aromatic rings. The summed E-state index contributed by atoms with van der Waals surface area (Å²) in [6, 6.07) is 13.7. The number of carbonyl (C=O) groups is 1. The molecule has 7 heteroatoms. The summed E-state index contributed by atoms with van der Waals surface area (Å²) in [5, 5.41) is 2.99. The van der Waals surface area contributed by atoms with Gasteiger partial charge in [-0.2, -0.15) is 0 Å². The molecule has 0 bridgehead atoms. The van der Waals surface area contributed by atoms with E-state index in [2.05, 4.69) is 16.0 Å². The highest BCUT2D eigenvalue weighted by molar-refractivity contribution is 5.93. The van der Waals surface area contributed by atoms with Crippen LogP contribution in [0.15, 0.2) is 42.5 Å². The van der Waals surface area contributed by atoms with E-state index >= 15 is 0 Å². The Hall–Kier alpha value is -2.24. The first-order valence-corrected chi connectivity index (χ1v) is 9.33. The van der Waals surface area contributed by atoms with Crippen molar-refractivity contribution >= 4 is 53.1 Å². The first-order chi connectivity index (χ1) is 12.7. The number of carbonyl (C=O) groups excluding carboxylic acids is 1. The molecule has 4 rings (SSSR count). The van der Waals surface area contributed by atoms with E-state index in [-0.39, 0.29) is 30.7 Å². The van der Waals surface area contributed by atoms with Crippen molar-refractivity contribution in [2.24, 2.45) is 0 Å². The maximum absolute atomic E-state index is 12.3. The van der Waals surface area contributed by atoms with Crippen LogP contribution in [-0.2, 0) is 24.2 Å². The Balaban J connectivity index is 0.00000140. The van der Waals surface area contributed by atoms with Gasteiger partial charge in [0, 0.05) is 30.8 Å².